The maximum atomic E-state index is 14.4. The van der Waals surface area contributed by atoms with Gasteiger partial charge in [0.1, 0.15) is 0 Å². The molecule has 5 aliphatic carbocycles. The van der Waals surface area contributed by atoms with E-state index in [4.69, 9.17) is 0 Å². The summed E-state index contributed by atoms with van der Waals surface area (Å²) in [6.45, 7) is 19.4. The monoisotopic (exact) mass is 589 g/mol. The van der Waals surface area contributed by atoms with Crippen LogP contribution in [0.4, 0.5) is 0 Å². The van der Waals surface area contributed by atoms with E-state index in [1.165, 1.54) is 31.3 Å². The third-order valence-electron chi connectivity index (χ3n) is 15.1. The van der Waals surface area contributed by atoms with Crippen molar-refractivity contribution < 1.29 is 19.8 Å². The van der Waals surface area contributed by atoms with Crippen molar-refractivity contribution in [3.8, 4) is 0 Å². The summed E-state index contributed by atoms with van der Waals surface area (Å²) in [6, 6.07) is 6.93. The van der Waals surface area contributed by atoms with E-state index in [2.05, 4.69) is 53.4 Å². The molecular formula is C38H55NO4. The van der Waals surface area contributed by atoms with Crippen molar-refractivity contribution in [2.75, 3.05) is 0 Å². The number of hydrogen-bond donors (Lipinski definition) is 3. The summed E-state index contributed by atoms with van der Waals surface area (Å²) in [5.41, 5.74) is 2.48. The molecule has 0 radical (unpaired) electrons. The fraction of sp³-hybridized carbons (Fsp3) is 0.737. The van der Waals surface area contributed by atoms with Crippen LogP contribution in [0, 0.1) is 56.7 Å². The van der Waals surface area contributed by atoms with Gasteiger partial charge >= 0.3 is 5.97 Å². The predicted octanol–water partition coefficient (Wildman–Crippen LogP) is 8.02. The summed E-state index contributed by atoms with van der Waals surface area (Å²) in [5, 5.41) is 23.8. The standard InChI is InChI=1S/C38H55NO4/c1-23(2)26-13-18-38(33(43)39-22-24-9-8-10-25(21-24)32(41)42)20-19-36(6)27(31(26)38)11-12-29-35(5)16-15-30(40)34(3,4)28(35)14-17-37(29,36)7/h8-10,21,26-31,40H,1,11-20,22H2,2-7H3,(H,39,43)(H,41,42)/t26-,27+,28-,29+,30-,31+,35-,36+,37+,38-/m0/s1. The number of carbonyl (C=O) groups is 2. The molecule has 236 valence electrons. The number of amides is 1. The summed E-state index contributed by atoms with van der Waals surface area (Å²) >= 11 is 0. The number of carboxylic acid groups (broad SMARTS) is 1. The minimum absolute atomic E-state index is 0.0492. The zero-order valence-corrected chi connectivity index (χ0v) is 27.5. The molecule has 6 rings (SSSR count). The van der Waals surface area contributed by atoms with Crippen molar-refractivity contribution >= 4 is 11.9 Å². The van der Waals surface area contributed by atoms with Crippen LogP contribution in [0.2, 0.25) is 0 Å². The van der Waals surface area contributed by atoms with Gasteiger partial charge in [-0.2, -0.15) is 0 Å². The van der Waals surface area contributed by atoms with Crippen LogP contribution < -0.4 is 5.32 Å². The van der Waals surface area contributed by atoms with Crippen molar-refractivity contribution in [2.45, 2.75) is 118 Å². The van der Waals surface area contributed by atoms with Crippen LogP contribution in [-0.4, -0.2) is 28.2 Å². The highest BCUT2D eigenvalue weighted by Crippen LogP contribution is 2.77. The fourth-order valence-corrected chi connectivity index (χ4v) is 12.7. The lowest BCUT2D eigenvalue weighted by Crippen LogP contribution is -2.67. The molecule has 5 fully saturated rings. The molecule has 3 N–H and O–H groups in total. The average molecular weight is 590 g/mol. The van der Waals surface area contributed by atoms with Gasteiger partial charge in [-0.1, -0.05) is 58.9 Å². The van der Waals surface area contributed by atoms with Crippen LogP contribution in [0.15, 0.2) is 36.4 Å². The average Bonchev–Trinajstić information content (AvgIpc) is 3.36. The van der Waals surface area contributed by atoms with Crippen LogP contribution in [0.25, 0.3) is 0 Å². The van der Waals surface area contributed by atoms with E-state index in [0.717, 1.165) is 44.1 Å². The van der Waals surface area contributed by atoms with Crippen LogP contribution >= 0.6 is 0 Å². The van der Waals surface area contributed by atoms with E-state index < -0.39 is 5.97 Å². The van der Waals surface area contributed by atoms with Gasteiger partial charge in [-0.15, -0.1) is 0 Å². The molecule has 5 nitrogen and oxygen atoms in total. The van der Waals surface area contributed by atoms with Crippen molar-refractivity contribution in [2.24, 2.45) is 56.7 Å². The predicted molar refractivity (Wildman–Crippen MR) is 170 cm³/mol. The molecule has 1 aromatic carbocycles. The van der Waals surface area contributed by atoms with Gasteiger partial charge in [0.15, 0.2) is 0 Å². The van der Waals surface area contributed by atoms with E-state index in [9.17, 15) is 19.8 Å². The van der Waals surface area contributed by atoms with Crippen LogP contribution in [0.1, 0.15) is 122 Å². The third kappa shape index (κ3) is 4.26. The number of fused-ring (bicyclic) bond motifs is 7. The maximum Gasteiger partial charge on any atom is 0.335 e. The molecule has 10 atom stereocenters. The summed E-state index contributed by atoms with van der Waals surface area (Å²) in [6.07, 6.45) is 10.5. The highest BCUT2D eigenvalue weighted by Gasteiger charge is 2.71. The summed E-state index contributed by atoms with van der Waals surface area (Å²) in [4.78, 5) is 25.9. The van der Waals surface area contributed by atoms with Gasteiger partial charge in [0.05, 0.1) is 17.1 Å². The lowest BCUT2D eigenvalue weighted by molar-refractivity contribution is -0.246. The largest absolute Gasteiger partial charge is 0.478 e. The van der Waals surface area contributed by atoms with Gasteiger partial charge < -0.3 is 15.5 Å². The second-order valence-electron chi connectivity index (χ2n) is 16.9. The SMILES string of the molecule is C=C(C)[C@@H]1CC[C@]2(C(=O)NCc3cccc(C(=O)O)c3)CC[C@]3(C)[C@H](CC[C@@H]4[C@@]5(C)CC[C@H](O)C(C)(C)[C@@H]5CC[C@]43C)[C@@H]12. The van der Waals surface area contributed by atoms with Gasteiger partial charge in [-0.25, -0.2) is 4.79 Å². The number of nitrogens with one attached hydrogen (secondary N) is 1. The summed E-state index contributed by atoms with van der Waals surface area (Å²) in [7, 11) is 0. The lowest BCUT2D eigenvalue weighted by Gasteiger charge is -2.72. The number of carbonyl (C=O) groups excluding carboxylic acids is 1. The minimum atomic E-state index is -0.946. The molecule has 0 aromatic heterocycles. The highest BCUT2D eigenvalue weighted by molar-refractivity contribution is 5.88. The number of aliphatic hydroxyl groups is 1. The number of rotatable bonds is 5. The topological polar surface area (TPSA) is 86.6 Å². The molecule has 5 heteroatoms. The normalized spacial score (nSPS) is 44.7. The Morgan fingerprint density at radius 3 is 2.35 bits per heavy atom. The Hall–Kier alpha value is -2.14. The number of carboxylic acids is 1. The molecule has 1 amide bonds. The molecule has 0 unspecified atom stereocenters. The number of allylic oxidation sites excluding steroid dienone is 1. The van der Waals surface area contributed by atoms with Gasteiger partial charge in [0, 0.05) is 6.54 Å². The van der Waals surface area contributed by atoms with Crippen molar-refractivity contribution in [1.29, 1.82) is 0 Å². The number of aromatic carboxylic acids is 1. The quantitative estimate of drug-likeness (QED) is 0.304. The summed E-state index contributed by atoms with van der Waals surface area (Å²) < 4.78 is 0. The van der Waals surface area contributed by atoms with Gasteiger partial charge in [0.2, 0.25) is 5.91 Å². The Bertz CT molecular complexity index is 1320. The van der Waals surface area contributed by atoms with E-state index in [0.29, 0.717) is 36.1 Å². The number of hydrogen-bond acceptors (Lipinski definition) is 3. The molecule has 0 aliphatic heterocycles. The highest BCUT2D eigenvalue weighted by atomic mass is 16.4. The maximum absolute atomic E-state index is 14.4. The zero-order chi connectivity index (χ0) is 31.2. The first-order valence-electron chi connectivity index (χ1n) is 17.1. The van der Waals surface area contributed by atoms with Crippen LogP contribution in [0.3, 0.4) is 0 Å². The van der Waals surface area contributed by atoms with Gasteiger partial charge in [-0.3, -0.25) is 4.79 Å². The molecule has 43 heavy (non-hydrogen) atoms. The molecular weight excluding hydrogens is 534 g/mol. The van der Waals surface area contributed by atoms with Crippen molar-refractivity contribution in [3.05, 3.63) is 47.5 Å². The number of aliphatic hydroxyl groups excluding tert-OH is 1. The second-order valence-corrected chi connectivity index (χ2v) is 16.9. The third-order valence-corrected chi connectivity index (χ3v) is 15.1. The Morgan fingerprint density at radius 2 is 1.65 bits per heavy atom. The Labute approximate surface area is 259 Å². The fourth-order valence-electron chi connectivity index (χ4n) is 12.7. The van der Waals surface area contributed by atoms with Gasteiger partial charge in [0.25, 0.3) is 0 Å². The Morgan fingerprint density at radius 1 is 0.907 bits per heavy atom. The molecule has 0 spiro atoms. The van der Waals surface area contributed by atoms with Gasteiger partial charge in [-0.05, 0) is 140 Å². The number of benzene rings is 1. The second kappa shape index (κ2) is 10.2. The van der Waals surface area contributed by atoms with E-state index in [1.54, 1.807) is 18.2 Å². The first kappa shape index (κ1) is 30.9. The van der Waals surface area contributed by atoms with E-state index in [-0.39, 0.29) is 44.6 Å². The summed E-state index contributed by atoms with van der Waals surface area (Å²) in [5.74, 6) is 1.54. The van der Waals surface area contributed by atoms with Crippen LogP contribution in [-0.2, 0) is 11.3 Å². The smallest absolute Gasteiger partial charge is 0.335 e. The molecule has 5 aliphatic rings. The first-order valence-corrected chi connectivity index (χ1v) is 17.1. The molecule has 0 heterocycles. The lowest BCUT2D eigenvalue weighted by atomic mass is 9.32. The molecule has 0 saturated heterocycles. The zero-order valence-electron chi connectivity index (χ0n) is 27.5. The van der Waals surface area contributed by atoms with E-state index >= 15 is 0 Å². The Kier molecular flexibility index (Phi) is 7.31. The van der Waals surface area contributed by atoms with Crippen LogP contribution in [0.5, 0.6) is 0 Å². The molecule has 5 saturated carbocycles. The molecule has 0 bridgehead atoms. The van der Waals surface area contributed by atoms with E-state index in [1.807, 2.05) is 6.07 Å². The minimum Gasteiger partial charge on any atom is -0.478 e. The van der Waals surface area contributed by atoms with Crippen molar-refractivity contribution in [3.63, 3.8) is 0 Å². The Balaban J connectivity index is 1.31. The van der Waals surface area contributed by atoms with Crippen molar-refractivity contribution in [1.82, 2.24) is 5.32 Å². The first-order chi connectivity index (χ1) is 20.1. The molecule has 1 aromatic rings.